The van der Waals surface area contributed by atoms with Crippen molar-refractivity contribution in [2.45, 2.75) is 38.3 Å². The van der Waals surface area contributed by atoms with E-state index in [4.69, 9.17) is 9.47 Å². The average Bonchev–Trinajstić information content (AvgIpc) is 2.59. The lowest BCUT2D eigenvalue weighted by molar-refractivity contribution is -0.124. The summed E-state index contributed by atoms with van der Waals surface area (Å²) in [5.74, 6) is 1.08. The Morgan fingerprint density at radius 2 is 1.92 bits per heavy atom. The summed E-state index contributed by atoms with van der Waals surface area (Å²) in [6.45, 7) is 0.384. The van der Waals surface area contributed by atoms with Gasteiger partial charge in [0.15, 0.2) is 0 Å². The van der Waals surface area contributed by atoms with Gasteiger partial charge in [-0.05, 0) is 37.8 Å². The fraction of sp³-hybridized carbons (Fsp3) is 0.474. The standard InChI is InChI=1S/C19H24N2O4/c1-24-16-10-8-14(17(11-16)25-2)12-21-15-6-4-3-5-13(7-9-15)18(22)20-19(21)23/h3-4,8,10-11,13,15H,5-7,9,12H2,1-2H3,(H,20,22,23). The number of nitrogens with one attached hydrogen (secondary N) is 1. The Hall–Kier alpha value is -2.50. The first-order valence-corrected chi connectivity index (χ1v) is 8.59. The molecule has 2 bridgehead atoms. The second-order valence-corrected chi connectivity index (χ2v) is 6.47. The number of ether oxygens (including phenoxy) is 2. The van der Waals surface area contributed by atoms with Gasteiger partial charge >= 0.3 is 6.03 Å². The van der Waals surface area contributed by atoms with E-state index in [0.717, 1.165) is 24.8 Å². The van der Waals surface area contributed by atoms with E-state index in [9.17, 15) is 9.59 Å². The second-order valence-electron chi connectivity index (χ2n) is 6.47. The van der Waals surface area contributed by atoms with Crippen LogP contribution in [0.4, 0.5) is 4.79 Å². The van der Waals surface area contributed by atoms with Crippen LogP contribution in [-0.2, 0) is 11.3 Å². The Kier molecular flexibility index (Phi) is 5.26. The summed E-state index contributed by atoms with van der Waals surface area (Å²) in [5, 5.41) is 2.56. The molecule has 1 aromatic carbocycles. The zero-order valence-electron chi connectivity index (χ0n) is 14.7. The van der Waals surface area contributed by atoms with E-state index >= 15 is 0 Å². The lowest BCUT2D eigenvalue weighted by Gasteiger charge is -2.36. The van der Waals surface area contributed by atoms with Gasteiger partial charge in [-0.3, -0.25) is 10.1 Å². The van der Waals surface area contributed by atoms with Crippen molar-refractivity contribution in [1.82, 2.24) is 10.2 Å². The number of hydrogen-bond acceptors (Lipinski definition) is 4. The minimum absolute atomic E-state index is 0.0685. The van der Waals surface area contributed by atoms with E-state index in [0.29, 0.717) is 24.5 Å². The number of fused-ring (bicyclic) bond motifs is 3. The molecule has 1 saturated heterocycles. The van der Waals surface area contributed by atoms with Crippen LogP contribution in [-0.4, -0.2) is 37.1 Å². The molecule has 1 heterocycles. The first-order chi connectivity index (χ1) is 12.1. The maximum absolute atomic E-state index is 12.7. The van der Waals surface area contributed by atoms with Crippen LogP contribution in [0.1, 0.15) is 31.2 Å². The van der Waals surface area contributed by atoms with Crippen molar-refractivity contribution in [3.8, 4) is 11.5 Å². The molecule has 1 aliphatic carbocycles. The van der Waals surface area contributed by atoms with Crippen molar-refractivity contribution in [2.75, 3.05) is 14.2 Å². The number of allylic oxidation sites excluding steroid dienone is 1. The monoisotopic (exact) mass is 344 g/mol. The molecule has 2 aliphatic rings. The Morgan fingerprint density at radius 1 is 1.12 bits per heavy atom. The molecule has 25 heavy (non-hydrogen) atoms. The largest absolute Gasteiger partial charge is 0.497 e. The molecule has 2 unspecified atom stereocenters. The van der Waals surface area contributed by atoms with Gasteiger partial charge in [0.2, 0.25) is 5.91 Å². The normalized spacial score (nSPS) is 23.4. The number of carbonyl (C=O) groups is 2. The molecule has 3 amide bonds. The summed E-state index contributed by atoms with van der Waals surface area (Å²) in [6.07, 6.45) is 7.27. The SMILES string of the molecule is COc1ccc(CN2C(=O)NC(=O)C3CC=CCC2CC3)c(OC)c1. The van der Waals surface area contributed by atoms with Crippen LogP contribution < -0.4 is 14.8 Å². The molecule has 0 spiro atoms. The summed E-state index contributed by atoms with van der Waals surface area (Å²) in [4.78, 5) is 26.7. The zero-order chi connectivity index (χ0) is 17.8. The molecule has 1 aromatic rings. The maximum Gasteiger partial charge on any atom is 0.324 e. The third kappa shape index (κ3) is 3.78. The molecular formula is C19H24N2O4. The van der Waals surface area contributed by atoms with Crippen molar-refractivity contribution in [3.63, 3.8) is 0 Å². The van der Waals surface area contributed by atoms with Gasteiger partial charge in [0, 0.05) is 23.6 Å². The highest BCUT2D eigenvalue weighted by Crippen LogP contribution is 2.30. The highest BCUT2D eigenvalue weighted by molar-refractivity contribution is 5.96. The van der Waals surface area contributed by atoms with Gasteiger partial charge in [0.25, 0.3) is 0 Å². The number of benzene rings is 1. The van der Waals surface area contributed by atoms with Gasteiger partial charge in [0.05, 0.1) is 20.8 Å². The van der Waals surface area contributed by atoms with Crippen LogP contribution >= 0.6 is 0 Å². The second kappa shape index (κ2) is 7.59. The van der Waals surface area contributed by atoms with Gasteiger partial charge in [-0.1, -0.05) is 12.2 Å². The topological polar surface area (TPSA) is 67.9 Å². The molecule has 134 valence electrons. The fourth-order valence-electron chi connectivity index (χ4n) is 3.48. The maximum atomic E-state index is 12.7. The van der Waals surface area contributed by atoms with Crippen LogP contribution in [0, 0.1) is 5.92 Å². The van der Waals surface area contributed by atoms with E-state index in [1.165, 1.54) is 0 Å². The van der Waals surface area contributed by atoms with E-state index in [1.54, 1.807) is 25.2 Å². The number of carbonyl (C=O) groups excluding carboxylic acids is 2. The lowest BCUT2D eigenvalue weighted by atomic mass is 9.90. The predicted molar refractivity (Wildman–Crippen MR) is 93.5 cm³/mol. The molecule has 6 nitrogen and oxygen atoms in total. The molecule has 3 rings (SSSR count). The van der Waals surface area contributed by atoms with E-state index in [-0.39, 0.29) is 23.9 Å². The Morgan fingerprint density at radius 3 is 2.68 bits per heavy atom. The Labute approximate surface area is 147 Å². The van der Waals surface area contributed by atoms with Gasteiger partial charge < -0.3 is 14.4 Å². The van der Waals surface area contributed by atoms with Crippen LogP contribution in [0.15, 0.2) is 30.4 Å². The average molecular weight is 344 g/mol. The van der Waals surface area contributed by atoms with Crippen LogP contribution in [0.5, 0.6) is 11.5 Å². The van der Waals surface area contributed by atoms with Crippen molar-refractivity contribution in [3.05, 3.63) is 35.9 Å². The number of hydrogen-bond donors (Lipinski definition) is 1. The predicted octanol–water partition coefficient (Wildman–Crippen LogP) is 2.87. The van der Waals surface area contributed by atoms with Crippen molar-refractivity contribution < 1.29 is 19.1 Å². The summed E-state index contributed by atoms with van der Waals surface area (Å²) < 4.78 is 10.7. The van der Waals surface area contributed by atoms with Crippen molar-refractivity contribution in [1.29, 1.82) is 0 Å². The number of imide groups is 1. The van der Waals surface area contributed by atoms with Gasteiger partial charge in [-0.25, -0.2) is 4.79 Å². The van der Waals surface area contributed by atoms with Gasteiger partial charge in [0.1, 0.15) is 11.5 Å². The van der Waals surface area contributed by atoms with Crippen molar-refractivity contribution >= 4 is 11.9 Å². The van der Waals surface area contributed by atoms with E-state index < -0.39 is 0 Å². The summed E-state index contributed by atoms with van der Waals surface area (Å²) in [5.41, 5.74) is 0.883. The summed E-state index contributed by atoms with van der Waals surface area (Å²) >= 11 is 0. The number of methoxy groups -OCH3 is 2. The molecule has 1 fully saturated rings. The molecule has 1 aliphatic heterocycles. The minimum Gasteiger partial charge on any atom is -0.497 e. The smallest absolute Gasteiger partial charge is 0.324 e. The van der Waals surface area contributed by atoms with Crippen LogP contribution in [0.2, 0.25) is 0 Å². The quantitative estimate of drug-likeness (QED) is 0.853. The van der Waals surface area contributed by atoms with Crippen molar-refractivity contribution in [2.24, 2.45) is 5.92 Å². The molecule has 0 saturated carbocycles. The molecule has 6 heteroatoms. The summed E-state index contributed by atoms with van der Waals surface area (Å²) in [7, 11) is 3.20. The molecule has 0 radical (unpaired) electrons. The number of nitrogens with zero attached hydrogens (tertiary/aromatic N) is 1. The third-order valence-electron chi connectivity index (χ3n) is 4.98. The van der Waals surface area contributed by atoms with E-state index in [2.05, 4.69) is 17.5 Å². The first-order valence-electron chi connectivity index (χ1n) is 8.59. The van der Waals surface area contributed by atoms with Crippen LogP contribution in [0.25, 0.3) is 0 Å². The third-order valence-corrected chi connectivity index (χ3v) is 4.98. The fourth-order valence-corrected chi connectivity index (χ4v) is 3.48. The minimum atomic E-state index is -0.326. The number of rotatable bonds is 4. The zero-order valence-corrected chi connectivity index (χ0v) is 14.7. The molecular weight excluding hydrogens is 320 g/mol. The highest BCUT2D eigenvalue weighted by atomic mass is 16.5. The molecule has 0 aromatic heterocycles. The Bertz CT molecular complexity index is 686. The number of amides is 3. The Balaban J connectivity index is 1.89. The van der Waals surface area contributed by atoms with Crippen LogP contribution in [0.3, 0.4) is 0 Å². The molecule has 2 atom stereocenters. The molecule has 1 N–H and O–H groups in total. The first kappa shape index (κ1) is 17.3. The summed E-state index contributed by atoms with van der Waals surface area (Å²) in [6, 6.07) is 5.29. The number of urea groups is 1. The highest BCUT2D eigenvalue weighted by Gasteiger charge is 2.32. The van der Waals surface area contributed by atoms with Gasteiger partial charge in [-0.15, -0.1) is 0 Å². The van der Waals surface area contributed by atoms with Gasteiger partial charge in [-0.2, -0.15) is 0 Å². The lowest BCUT2D eigenvalue weighted by Crippen LogP contribution is -2.51. The van der Waals surface area contributed by atoms with E-state index in [1.807, 2.05) is 12.1 Å².